The molecule has 5 heteroatoms. The summed E-state index contributed by atoms with van der Waals surface area (Å²) in [6, 6.07) is 2.13. The van der Waals surface area contributed by atoms with Gasteiger partial charge in [0.25, 0.3) is 0 Å². The fraction of sp³-hybridized carbons (Fsp3) is 0.615. The van der Waals surface area contributed by atoms with Crippen LogP contribution in [-0.2, 0) is 0 Å². The lowest BCUT2D eigenvalue weighted by molar-refractivity contribution is 0.0581. The minimum absolute atomic E-state index is 0.0986. The number of rotatable bonds is 4. The molecule has 0 saturated heterocycles. The Morgan fingerprint density at radius 3 is 2.83 bits per heavy atom. The SMILES string of the molecule is CN(C)C1CCCCC1Oc1ccsc1C(=O)O. The molecule has 1 N–H and O–H groups in total. The highest BCUT2D eigenvalue weighted by Gasteiger charge is 2.29. The fourth-order valence-corrected chi connectivity index (χ4v) is 3.18. The van der Waals surface area contributed by atoms with Crippen LogP contribution in [0.25, 0.3) is 0 Å². The van der Waals surface area contributed by atoms with Gasteiger partial charge in [-0.25, -0.2) is 4.79 Å². The van der Waals surface area contributed by atoms with Gasteiger partial charge < -0.3 is 14.7 Å². The Labute approximate surface area is 111 Å². The van der Waals surface area contributed by atoms with E-state index in [1.54, 1.807) is 11.4 Å². The Morgan fingerprint density at radius 1 is 1.44 bits per heavy atom. The zero-order chi connectivity index (χ0) is 13.1. The maximum atomic E-state index is 11.1. The number of hydrogen-bond acceptors (Lipinski definition) is 4. The summed E-state index contributed by atoms with van der Waals surface area (Å²) in [5, 5.41) is 10.8. The van der Waals surface area contributed by atoms with E-state index in [4.69, 9.17) is 9.84 Å². The molecule has 1 aromatic rings. The van der Waals surface area contributed by atoms with Crippen molar-refractivity contribution in [3.05, 3.63) is 16.3 Å². The first-order chi connectivity index (χ1) is 8.59. The number of carboxylic acid groups (broad SMARTS) is 1. The number of likely N-dealkylation sites (N-methyl/N-ethyl adjacent to an activating group) is 1. The molecule has 18 heavy (non-hydrogen) atoms. The summed E-state index contributed by atoms with van der Waals surface area (Å²) in [4.78, 5) is 13.5. The van der Waals surface area contributed by atoms with Crippen molar-refractivity contribution < 1.29 is 14.6 Å². The van der Waals surface area contributed by atoms with Gasteiger partial charge in [0.1, 0.15) is 11.9 Å². The molecule has 0 aliphatic heterocycles. The first-order valence-electron chi connectivity index (χ1n) is 6.23. The maximum absolute atomic E-state index is 11.1. The summed E-state index contributed by atoms with van der Waals surface area (Å²) < 4.78 is 5.95. The lowest BCUT2D eigenvalue weighted by atomic mass is 9.91. The van der Waals surface area contributed by atoms with E-state index in [1.807, 2.05) is 0 Å². The van der Waals surface area contributed by atoms with Gasteiger partial charge in [-0.2, -0.15) is 0 Å². The molecule has 2 atom stereocenters. The van der Waals surface area contributed by atoms with Crippen molar-refractivity contribution in [2.24, 2.45) is 0 Å². The molecule has 0 bridgehead atoms. The smallest absolute Gasteiger partial charge is 0.349 e. The molecule has 2 unspecified atom stereocenters. The van der Waals surface area contributed by atoms with Crippen LogP contribution in [0.15, 0.2) is 11.4 Å². The monoisotopic (exact) mass is 269 g/mol. The molecular formula is C13H19NO3S. The first kappa shape index (κ1) is 13.4. The summed E-state index contributed by atoms with van der Waals surface area (Å²) in [6.07, 6.45) is 4.59. The summed E-state index contributed by atoms with van der Waals surface area (Å²) in [7, 11) is 4.11. The first-order valence-corrected chi connectivity index (χ1v) is 7.11. The largest absolute Gasteiger partial charge is 0.487 e. The zero-order valence-corrected chi connectivity index (χ0v) is 11.6. The molecule has 1 aromatic heterocycles. The van der Waals surface area contributed by atoms with Crippen LogP contribution < -0.4 is 4.74 Å². The van der Waals surface area contributed by atoms with Gasteiger partial charge in [0.15, 0.2) is 4.88 Å². The second kappa shape index (κ2) is 5.71. The van der Waals surface area contributed by atoms with Crippen LogP contribution in [0.5, 0.6) is 5.75 Å². The summed E-state index contributed by atoms with van der Waals surface area (Å²) in [5.41, 5.74) is 0. The molecule has 1 fully saturated rings. The lowest BCUT2D eigenvalue weighted by Gasteiger charge is -2.36. The van der Waals surface area contributed by atoms with Gasteiger partial charge >= 0.3 is 5.97 Å². The van der Waals surface area contributed by atoms with Gasteiger partial charge in [-0.15, -0.1) is 11.3 Å². The average Bonchev–Trinajstić information content (AvgIpc) is 2.77. The predicted molar refractivity (Wildman–Crippen MR) is 71.6 cm³/mol. The Balaban J connectivity index is 2.11. The molecule has 100 valence electrons. The Bertz CT molecular complexity index is 416. The minimum Gasteiger partial charge on any atom is -0.487 e. The van der Waals surface area contributed by atoms with Gasteiger partial charge in [-0.1, -0.05) is 6.42 Å². The Hall–Kier alpha value is -1.07. The molecule has 0 amide bonds. The van der Waals surface area contributed by atoms with E-state index in [9.17, 15) is 4.79 Å². The van der Waals surface area contributed by atoms with Gasteiger partial charge in [-0.3, -0.25) is 0 Å². The molecule has 4 nitrogen and oxygen atoms in total. The summed E-state index contributed by atoms with van der Waals surface area (Å²) in [5.74, 6) is -0.386. The van der Waals surface area contributed by atoms with E-state index < -0.39 is 5.97 Å². The van der Waals surface area contributed by atoms with Crippen LogP contribution >= 0.6 is 11.3 Å². The average molecular weight is 269 g/mol. The van der Waals surface area contributed by atoms with E-state index in [0.29, 0.717) is 16.7 Å². The van der Waals surface area contributed by atoms with E-state index in [0.717, 1.165) is 19.3 Å². The molecule has 1 aliphatic carbocycles. The highest BCUT2D eigenvalue weighted by atomic mass is 32.1. The van der Waals surface area contributed by atoms with Crippen molar-refractivity contribution in [3.63, 3.8) is 0 Å². The predicted octanol–water partition coefficient (Wildman–Crippen LogP) is 2.70. The van der Waals surface area contributed by atoms with Gasteiger partial charge in [0.2, 0.25) is 0 Å². The fourth-order valence-electron chi connectivity index (χ4n) is 2.51. The van der Waals surface area contributed by atoms with Crippen LogP contribution in [0.2, 0.25) is 0 Å². The molecular weight excluding hydrogens is 250 g/mol. The van der Waals surface area contributed by atoms with Crippen LogP contribution in [0.4, 0.5) is 0 Å². The summed E-state index contributed by atoms with van der Waals surface area (Å²) in [6.45, 7) is 0. The number of aromatic carboxylic acids is 1. The third kappa shape index (κ3) is 2.84. The number of carbonyl (C=O) groups is 1. The Kier molecular flexibility index (Phi) is 4.24. The van der Waals surface area contributed by atoms with Crippen LogP contribution in [0.1, 0.15) is 35.4 Å². The number of ether oxygens (including phenoxy) is 1. The van der Waals surface area contributed by atoms with Gasteiger partial charge in [-0.05, 0) is 44.8 Å². The third-order valence-electron chi connectivity index (χ3n) is 3.43. The van der Waals surface area contributed by atoms with Crippen molar-refractivity contribution in [1.82, 2.24) is 4.90 Å². The van der Waals surface area contributed by atoms with E-state index in [-0.39, 0.29) is 6.10 Å². The van der Waals surface area contributed by atoms with Crippen molar-refractivity contribution in [3.8, 4) is 5.75 Å². The van der Waals surface area contributed by atoms with Crippen molar-refractivity contribution in [2.45, 2.75) is 37.8 Å². The topological polar surface area (TPSA) is 49.8 Å². The van der Waals surface area contributed by atoms with Crippen molar-refractivity contribution in [2.75, 3.05) is 14.1 Å². The molecule has 1 aliphatic rings. The van der Waals surface area contributed by atoms with Gasteiger partial charge in [0.05, 0.1) is 0 Å². The normalized spacial score (nSPS) is 24.2. The van der Waals surface area contributed by atoms with Crippen molar-refractivity contribution >= 4 is 17.3 Å². The summed E-state index contributed by atoms with van der Waals surface area (Å²) >= 11 is 1.22. The standard InChI is InChI=1S/C13H19NO3S/c1-14(2)9-5-3-4-6-10(9)17-11-7-8-18-12(11)13(15)16/h7-10H,3-6H2,1-2H3,(H,15,16). The van der Waals surface area contributed by atoms with Crippen molar-refractivity contribution in [1.29, 1.82) is 0 Å². The quantitative estimate of drug-likeness (QED) is 0.913. The molecule has 0 spiro atoms. The molecule has 0 radical (unpaired) electrons. The minimum atomic E-state index is -0.905. The number of nitrogens with zero attached hydrogens (tertiary/aromatic N) is 1. The van der Waals surface area contributed by atoms with Crippen LogP contribution in [0, 0.1) is 0 Å². The third-order valence-corrected chi connectivity index (χ3v) is 4.32. The molecule has 1 saturated carbocycles. The van der Waals surface area contributed by atoms with Crippen LogP contribution in [-0.4, -0.2) is 42.2 Å². The lowest BCUT2D eigenvalue weighted by Crippen LogP contribution is -2.44. The highest BCUT2D eigenvalue weighted by Crippen LogP contribution is 2.30. The molecule has 2 rings (SSSR count). The Morgan fingerprint density at radius 2 is 2.17 bits per heavy atom. The van der Waals surface area contributed by atoms with E-state index >= 15 is 0 Å². The van der Waals surface area contributed by atoms with Crippen LogP contribution in [0.3, 0.4) is 0 Å². The second-order valence-electron chi connectivity index (χ2n) is 4.89. The maximum Gasteiger partial charge on any atom is 0.349 e. The van der Waals surface area contributed by atoms with E-state index in [1.165, 1.54) is 17.8 Å². The zero-order valence-electron chi connectivity index (χ0n) is 10.8. The highest BCUT2D eigenvalue weighted by molar-refractivity contribution is 7.12. The molecule has 0 aromatic carbocycles. The number of thiophene rings is 1. The number of carboxylic acids is 1. The van der Waals surface area contributed by atoms with Gasteiger partial charge in [0, 0.05) is 6.04 Å². The van der Waals surface area contributed by atoms with E-state index in [2.05, 4.69) is 19.0 Å². The second-order valence-corrected chi connectivity index (χ2v) is 5.81. The number of hydrogen-bond donors (Lipinski definition) is 1. The molecule has 1 heterocycles.